The molecule has 1 aliphatic heterocycles. The molecule has 9 heavy (non-hydrogen) atoms. The Morgan fingerprint density at radius 3 is 2.00 bits per heavy atom. The minimum Gasteiger partial charge on any atom is -0.195 e. The molecule has 0 radical (unpaired) electrons. The second-order valence-electron chi connectivity index (χ2n) is 1.96. The number of allylic oxidation sites excluding steroid dienone is 2. The van der Waals surface area contributed by atoms with Crippen LogP contribution in [-0.2, 0) is 14.8 Å². The zero-order valence-corrected chi connectivity index (χ0v) is 4.69. The van der Waals surface area contributed by atoms with Gasteiger partial charge in [0.1, 0.15) is 12.2 Å². The number of hydrogen-bond donors (Lipinski definition) is 0. The molecule has 0 amide bonds. The van der Waals surface area contributed by atoms with Gasteiger partial charge in [-0.25, -0.2) is 0 Å². The van der Waals surface area contributed by atoms with Gasteiger partial charge in [-0.3, -0.25) is 0 Å². The van der Waals surface area contributed by atoms with Crippen LogP contribution in [0.15, 0.2) is 24.3 Å². The zero-order chi connectivity index (χ0) is 6.10. The molecule has 3 heteroatoms. The van der Waals surface area contributed by atoms with E-state index in [1.165, 1.54) is 0 Å². The summed E-state index contributed by atoms with van der Waals surface area (Å²) in [5.74, 6) is 0. The molecule has 1 aliphatic carbocycles. The van der Waals surface area contributed by atoms with Crippen LogP contribution in [0.3, 0.4) is 0 Å². The topological polar surface area (TPSA) is 27.7 Å². The first kappa shape index (κ1) is 5.17. The van der Waals surface area contributed by atoms with Crippen LogP contribution in [-0.4, -0.2) is 12.2 Å². The van der Waals surface area contributed by atoms with E-state index in [-0.39, 0.29) is 12.2 Å². The minimum atomic E-state index is -0.0463. The Balaban J connectivity index is 2.18. The lowest BCUT2D eigenvalue weighted by molar-refractivity contribution is -0.461. The van der Waals surface area contributed by atoms with Crippen molar-refractivity contribution < 1.29 is 14.8 Å². The van der Waals surface area contributed by atoms with Gasteiger partial charge in [-0.05, 0) is 12.2 Å². The van der Waals surface area contributed by atoms with E-state index in [2.05, 4.69) is 5.04 Å². The van der Waals surface area contributed by atoms with Gasteiger partial charge in [0.25, 0.3) is 0 Å². The summed E-state index contributed by atoms with van der Waals surface area (Å²) in [6, 6.07) is 0. The molecule has 0 aromatic carbocycles. The Morgan fingerprint density at radius 2 is 1.44 bits per heavy atom. The van der Waals surface area contributed by atoms with Gasteiger partial charge in [0, 0.05) is 0 Å². The summed E-state index contributed by atoms with van der Waals surface area (Å²) in [5.41, 5.74) is 0. The largest absolute Gasteiger partial charge is 0.195 e. The van der Waals surface area contributed by atoms with Crippen molar-refractivity contribution in [2.75, 3.05) is 0 Å². The first-order valence-electron chi connectivity index (χ1n) is 2.80. The lowest BCUT2D eigenvalue weighted by Crippen LogP contribution is -2.18. The molecular formula is C6H6O3. The van der Waals surface area contributed by atoms with E-state index >= 15 is 0 Å². The molecule has 0 spiro atoms. The highest BCUT2D eigenvalue weighted by atomic mass is 17.5. The van der Waals surface area contributed by atoms with E-state index in [1.54, 1.807) is 0 Å². The Kier molecular flexibility index (Phi) is 1.12. The van der Waals surface area contributed by atoms with E-state index < -0.39 is 0 Å². The van der Waals surface area contributed by atoms with Crippen molar-refractivity contribution in [3.63, 3.8) is 0 Å². The van der Waals surface area contributed by atoms with Crippen molar-refractivity contribution in [3.8, 4) is 0 Å². The van der Waals surface area contributed by atoms with Gasteiger partial charge in [-0.1, -0.05) is 17.2 Å². The molecule has 0 N–H and O–H groups in total. The molecule has 1 fully saturated rings. The molecule has 2 rings (SSSR count). The van der Waals surface area contributed by atoms with Gasteiger partial charge < -0.3 is 0 Å². The molecule has 2 aliphatic rings. The van der Waals surface area contributed by atoms with E-state index in [1.807, 2.05) is 24.3 Å². The Hall–Kier alpha value is -0.640. The summed E-state index contributed by atoms with van der Waals surface area (Å²) < 4.78 is 0. The van der Waals surface area contributed by atoms with Gasteiger partial charge in [-0.15, -0.1) is 0 Å². The van der Waals surface area contributed by atoms with Gasteiger partial charge in [0.05, 0.1) is 0 Å². The quantitative estimate of drug-likeness (QED) is 0.448. The van der Waals surface area contributed by atoms with E-state index in [4.69, 9.17) is 9.78 Å². The average molecular weight is 126 g/mol. The fourth-order valence-corrected chi connectivity index (χ4v) is 0.853. The molecule has 0 saturated carbocycles. The smallest absolute Gasteiger partial charge is 0.147 e. The summed E-state index contributed by atoms with van der Waals surface area (Å²) in [7, 11) is 0. The molecule has 0 aromatic rings. The van der Waals surface area contributed by atoms with E-state index in [0.717, 1.165) is 0 Å². The molecule has 0 aromatic heterocycles. The summed E-state index contributed by atoms with van der Waals surface area (Å²) >= 11 is 0. The lowest BCUT2D eigenvalue weighted by atomic mass is 10.1. The normalized spacial score (nSPS) is 39.1. The van der Waals surface area contributed by atoms with Gasteiger partial charge in [0.15, 0.2) is 0 Å². The van der Waals surface area contributed by atoms with Crippen LogP contribution in [0.5, 0.6) is 0 Å². The average Bonchev–Trinajstić information content (AvgIpc) is 2.33. The molecule has 0 bridgehead atoms. The van der Waals surface area contributed by atoms with E-state index in [0.29, 0.717) is 0 Å². The van der Waals surface area contributed by atoms with E-state index in [9.17, 15) is 0 Å². The maximum Gasteiger partial charge on any atom is 0.147 e. The standard InChI is InChI=1S/C6H6O3/c1-2-4-6-5(3-1)7-9-8-6/h1-6H/t5-,6+. The van der Waals surface area contributed by atoms with Gasteiger partial charge in [-0.2, -0.15) is 9.78 Å². The maximum atomic E-state index is 4.70. The number of rotatable bonds is 0. The fourth-order valence-electron chi connectivity index (χ4n) is 0.853. The summed E-state index contributed by atoms with van der Waals surface area (Å²) in [6.07, 6.45) is 7.48. The van der Waals surface area contributed by atoms with Crippen LogP contribution in [0.4, 0.5) is 0 Å². The third-order valence-electron chi connectivity index (χ3n) is 1.34. The highest BCUT2D eigenvalue weighted by molar-refractivity contribution is 5.16. The fraction of sp³-hybridized carbons (Fsp3) is 0.333. The maximum absolute atomic E-state index is 4.70. The lowest BCUT2D eigenvalue weighted by Gasteiger charge is -2.05. The van der Waals surface area contributed by atoms with Crippen molar-refractivity contribution in [2.24, 2.45) is 0 Å². The zero-order valence-electron chi connectivity index (χ0n) is 4.69. The Labute approximate surface area is 52.4 Å². The summed E-state index contributed by atoms with van der Waals surface area (Å²) in [6.45, 7) is 0. The van der Waals surface area contributed by atoms with Crippen LogP contribution >= 0.6 is 0 Å². The molecule has 2 atom stereocenters. The Morgan fingerprint density at radius 1 is 0.889 bits per heavy atom. The number of hydrogen-bond acceptors (Lipinski definition) is 3. The third-order valence-corrected chi connectivity index (χ3v) is 1.34. The van der Waals surface area contributed by atoms with Crippen LogP contribution in [0.2, 0.25) is 0 Å². The van der Waals surface area contributed by atoms with Crippen LogP contribution < -0.4 is 0 Å². The summed E-state index contributed by atoms with van der Waals surface area (Å²) in [5, 5.41) is 4.29. The van der Waals surface area contributed by atoms with Crippen molar-refractivity contribution in [3.05, 3.63) is 24.3 Å². The third kappa shape index (κ3) is 0.790. The molecule has 3 nitrogen and oxygen atoms in total. The second kappa shape index (κ2) is 1.95. The predicted molar refractivity (Wildman–Crippen MR) is 29.1 cm³/mol. The van der Waals surface area contributed by atoms with Crippen molar-refractivity contribution in [1.82, 2.24) is 0 Å². The highest BCUT2D eigenvalue weighted by Crippen LogP contribution is 2.19. The SMILES string of the molecule is C1=C[C@@H]2OOO[C@@H]2C=C1. The number of fused-ring (bicyclic) bond motifs is 1. The monoisotopic (exact) mass is 126 g/mol. The highest BCUT2D eigenvalue weighted by Gasteiger charge is 2.28. The molecule has 48 valence electrons. The van der Waals surface area contributed by atoms with Crippen molar-refractivity contribution >= 4 is 0 Å². The van der Waals surface area contributed by atoms with Crippen molar-refractivity contribution in [1.29, 1.82) is 0 Å². The van der Waals surface area contributed by atoms with Crippen LogP contribution in [0.1, 0.15) is 0 Å². The second-order valence-corrected chi connectivity index (χ2v) is 1.96. The molecule has 0 unspecified atom stereocenters. The Bertz CT molecular complexity index is 144. The molecular weight excluding hydrogens is 120 g/mol. The first-order valence-corrected chi connectivity index (χ1v) is 2.80. The molecule has 1 heterocycles. The minimum absolute atomic E-state index is 0.0463. The van der Waals surface area contributed by atoms with Crippen LogP contribution in [0, 0.1) is 0 Å². The summed E-state index contributed by atoms with van der Waals surface area (Å²) in [4.78, 5) is 9.39. The predicted octanol–water partition coefficient (Wildman–Crippen LogP) is 0.743. The van der Waals surface area contributed by atoms with Crippen LogP contribution in [0.25, 0.3) is 0 Å². The molecule has 1 saturated heterocycles. The first-order chi connectivity index (χ1) is 4.47. The van der Waals surface area contributed by atoms with Gasteiger partial charge >= 0.3 is 0 Å². The van der Waals surface area contributed by atoms with Gasteiger partial charge in [0.2, 0.25) is 0 Å². The van der Waals surface area contributed by atoms with Crippen molar-refractivity contribution in [2.45, 2.75) is 12.2 Å².